The van der Waals surface area contributed by atoms with Crippen LogP contribution in [0.15, 0.2) is 0 Å². The van der Waals surface area contributed by atoms with E-state index < -0.39 is 0 Å². The molecule has 0 aromatic heterocycles. The smallest absolute Gasteiger partial charge is 0.00311 e. The molecule has 0 radical (unpaired) electrons. The van der Waals surface area contributed by atoms with Gasteiger partial charge in [-0.1, -0.05) is 20.8 Å². The lowest BCUT2D eigenvalue weighted by molar-refractivity contribution is 0.337. The summed E-state index contributed by atoms with van der Waals surface area (Å²) in [6.07, 6.45) is 2.86. The van der Waals surface area contributed by atoms with E-state index in [0.717, 1.165) is 5.92 Å². The Balaban J connectivity index is 2.04. The van der Waals surface area contributed by atoms with Crippen molar-refractivity contribution in [2.45, 2.75) is 33.6 Å². The summed E-state index contributed by atoms with van der Waals surface area (Å²) < 4.78 is 0. The summed E-state index contributed by atoms with van der Waals surface area (Å²) in [5, 5.41) is 0. The maximum atomic E-state index is 2.33. The molecule has 10 heavy (non-hydrogen) atoms. The lowest BCUT2D eigenvalue weighted by atomic mass is 9.87. The van der Waals surface area contributed by atoms with Crippen LogP contribution in [0.2, 0.25) is 0 Å². The van der Waals surface area contributed by atoms with Gasteiger partial charge in [0.25, 0.3) is 0 Å². The summed E-state index contributed by atoms with van der Waals surface area (Å²) >= 11 is 2.10. The van der Waals surface area contributed by atoms with E-state index in [-0.39, 0.29) is 0 Å². The van der Waals surface area contributed by atoms with E-state index in [0.29, 0.717) is 5.41 Å². The number of rotatable bonds is 2. The first kappa shape index (κ1) is 8.45. The Morgan fingerprint density at radius 3 is 2.20 bits per heavy atom. The zero-order valence-corrected chi connectivity index (χ0v) is 8.13. The molecule has 0 aromatic carbocycles. The van der Waals surface area contributed by atoms with Crippen LogP contribution in [0.25, 0.3) is 0 Å². The zero-order chi connectivity index (χ0) is 7.61. The number of hydrogen-bond acceptors (Lipinski definition) is 1. The second-order valence-electron chi connectivity index (χ2n) is 4.50. The third-order valence-electron chi connectivity index (χ3n) is 2.01. The van der Waals surface area contributed by atoms with Gasteiger partial charge >= 0.3 is 0 Å². The summed E-state index contributed by atoms with van der Waals surface area (Å²) in [6, 6.07) is 0. The van der Waals surface area contributed by atoms with Crippen LogP contribution in [0.3, 0.4) is 0 Å². The minimum atomic E-state index is 0.556. The maximum Gasteiger partial charge on any atom is -0.00311 e. The normalized spacial score (nSPS) is 20.7. The van der Waals surface area contributed by atoms with Crippen molar-refractivity contribution in [3.05, 3.63) is 0 Å². The first-order chi connectivity index (χ1) is 4.58. The molecule has 1 heterocycles. The molecule has 0 saturated carbocycles. The van der Waals surface area contributed by atoms with Crippen molar-refractivity contribution in [2.24, 2.45) is 11.3 Å². The van der Waals surface area contributed by atoms with Gasteiger partial charge in [0.2, 0.25) is 0 Å². The van der Waals surface area contributed by atoms with Gasteiger partial charge in [-0.05, 0) is 35.7 Å². The molecule has 0 spiro atoms. The fourth-order valence-corrected chi connectivity index (χ4v) is 1.99. The van der Waals surface area contributed by atoms with Crippen LogP contribution in [-0.2, 0) is 0 Å². The molecule has 1 saturated heterocycles. The SMILES string of the molecule is CC(C)(C)CCC1CSC1. The van der Waals surface area contributed by atoms with Gasteiger partial charge in [-0.25, -0.2) is 0 Å². The summed E-state index contributed by atoms with van der Waals surface area (Å²) in [6.45, 7) is 7.00. The predicted molar refractivity (Wildman–Crippen MR) is 49.5 cm³/mol. The van der Waals surface area contributed by atoms with Gasteiger partial charge < -0.3 is 0 Å². The molecule has 0 unspecified atom stereocenters. The lowest BCUT2D eigenvalue weighted by Gasteiger charge is -2.28. The van der Waals surface area contributed by atoms with E-state index in [9.17, 15) is 0 Å². The van der Waals surface area contributed by atoms with Crippen LogP contribution in [0.1, 0.15) is 33.6 Å². The Bertz CT molecular complexity index is 97.8. The van der Waals surface area contributed by atoms with E-state index in [2.05, 4.69) is 32.5 Å². The summed E-state index contributed by atoms with van der Waals surface area (Å²) in [5.74, 6) is 3.91. The molecule has 1 heteroatoms. The van der Waals surface area contributed by atoms with Gasteiger partial charge in [0, 0.05) is 0 Å². The highest BCUT2D eigenvalue weighted by molar-refractivity contribution is 8.00. The number of thioether (sulfide) groups is 1. The minimum Gasteiger partial charge on any atom is -0.161 e. The summed E-state index contributed by atoms with van der Waals surface area (Å²) in [7, 11) is 0. The van der Waals surface area contributed by atoms with Crippen LogP contribution in [-0.4, -0.2) is 11.5 Å². The van der Waals surface area contributed by atoms with Gasteiger partial charge in [0.1, 0.15) is 0 Å². The van der Waals surface area contributed by atoms with Crippen molar-refractivity contribution in [2.75, 3.05) is 11.5 Å². The molecule has 1 aliphatic heterocycles. The monoisotopic (exact) mass is 158 g/mol. The lowest BCUT2D eigenvalue weighted by Crippen LogP contribution is -2.20. The summed E-state index contributed by atoms with van der Waals surface area (Å²) in [5.41, 5.74) is 0.556. The van der Waals surface area contributed by atoms with Gasteiger partial charge in [0.05, 0.1) is 0 Å². The fraction of sp³-hybridized carbons (Fsp3) is 1.00. The van der Waals surface area contributed by atoms with Crippen molar-refractivity contribution >= 4 is 11.8 Å². The highest BCUT2D eigenvalue weighted by atomic mass is 32.2. The van der Waals surface area contributed by atoms with Crippen LogP contribution in [0.4, 0.5) is 0 Å². The minimum absolute atomic E-state index is 0.556. The quantitative estimate of drug-likeness (QED) is 0.595. The molecule has 0 nitrogen and oxygen atoms in total. The van der Waals surface area contributed by atoms with Crippen molar-refractivity contribution < 1.29 is 0 Å². The zero-order valence-electron chi connectivity index (χ0n) is 7.31. The molecule has 0 aromatic rings. The van der Waals surface area contributed by atoms with Crippen LogP contribution in [0.5, 0.6) is 0 Å². The third kappa shape index (κ3) is 2.96. The highest BCUT2D eigenvalue weighted by Gasteiger charge is 2.20. The predicted octanol–water partition coefficient (Wildman–Crippen LogP) is 3.18. The van der Waals surface area contributed by atoms with Crippen molar-refractivity contribution in [1.29, 1.82) is 0 Å². The average molecular weight is 158 g/mol. The van der Waals surface area contributed by atoms with Crippen molar-refractivity contribution in [1.82, 2.24) is 0 Å². The Labute approximate surface area is 68.8 Å². The Kier molecular flexibility index (Phi) is 2.67. The first-order valence-corrected chi connectivity index (χ1v) is 5.31. The van der Waals surface area contributed by atoms with Crippen LogP contribution < -0.4 is 0 Å². The van der Waals surface area contributed by atoms with E-state index >= 15 is 0 Å². The van der Waals surface area contributed by atoms with Crippen molar-refractivity contribution in [3.8, 4) is 0 Å². The maximum absolute atomic E-state index is 2.33. The Hall–Kier alpha value is 0.350. The van der Waals surface area contributed by atoms with Gasteiger partial charge in [-0.3, -0.25) is 0 Å². The van der Waals surface area contributed by atoms with Crippen LogP contribution >= 0.6 is 11.8 Å². The Morgan fingerprint density at radius 1 is 1.30 bits per heavy atom. The molecule has 1 rings (SSSR count). The number of hydrogen-bond donors (Lipinski definition) is 0. The molecular formula is C9H18S. The molecule has 60 valence electrons. The molecule has 0 N–H and O–H groups in total. The van der Waals surface area contributed by atoms with Gasteiger partial charge in [-0.15, -0.1) is 0 Å². The average Bonchev–Trinajstić information content (AvgIpc) is 1.56. The molecule has 1 aliphatic rings. The summed E-state index contributed by atoms with van der Waals surface area (Å²) in [4.78, 5) is 0. The van der Waals surface area contributed by atoms with Gasteiger partial charge in [0.15, 0.2) is 0 Å². The van der Waals surface area contributed by atoms with Crippen LogP contribution in [0, 0.1) is 11.3 Å². The largest absolute Gasteiger partial charge is 0.161 e. The van der Waals surface area contributed by atoms with Gasteiger partial charge in [-0.2, -0.15) is 11.8 Å². The van der Waals surface area contributed by atoms with Crippen molar-refractivity contribution in [3.63, 3.8) is 0 Å². The fourth-order valence-electron chi connectivity index (χ4n) is 1.09. The second-order valence-corrected chi connectivity index (χ2v) is 5.58. The van der Waals surface area contributed by atoms with E-state index in [4.69, 9.17) is 0 Å². The third-order valence-corrected chi connectivity index (χ3v) is 3.42. The molecule has 0 bridgehead atoms. The molecule has 1 fully saturated rings. The second kappa shape index (κ2) is 3.17. The van der Waals surface area contributed by atoms with E-state index in [1.165, 1.54) is 24.3 Å². The molecule has 0 aliphatic carbocycles. The standard InChI is InChI=1S/C9H18S/c1-9(2,3)5-4-8-6-10-7-8/h8H,4-7H2,1-3H3. The topological polar surface area (TPSA) is 0 Å². The molecule has 0 atom stereocenters. The van der Waals surface area contributed by atoms with E-state index in [1.54, 1.807) is 0 Å². The van der Waals surface area contributed by atoms with E-state index in [1.807, 2.05) is 0 Å². The highest BCUT2D eigenvalue weighted by Crippen LogP contribution is 2.32. The Morgan fingerprint density at radius 2 is 1.90 bits per heavy atom. The molecular weight excluding hydrogens is 140 g/mol. The first-order valence-electron chi connectivity index (χ1n) is 4.16. The molecule has 0 amide bonds.